The third-order valence-corrected chi connectivity index (χ3v) is 3.53. The van der Waals surface area contributed by atoms with Gasteiger partial charge in [-0.3, -0.25) is 4.99 Å². The minimum atomic E-state index is -4.44. The van der Waals surface area contributed by atoms with Gasteiger partial charge in [-0.1, -0.05) is 6.07 Å². The van der Waals surface area contributed by atoms with Crippen LogP contribution in [0.2, 0.25) is 0 Å². The van der Waals surface area contributed by atoms with Crippen LogP contribution < -0.4 is 15.8 Å². The van der Waals surface area contributed by atoms with Crippen LogP contribution in [-0.4, -0.2) is 37.7 Å². The van der Waals surface area contributed by atoms with E-state index in [1.54, 1.807) is 6.92 Å². The number of amidine groups is 1. The van der Waals surface area contributed by atoms with Crippen LogP contribution in [0.4, 0.5) is 18.9 Å². The summed E-state index contributed by atoms with van der Waals surface area (Å²) in [6, 6.07) is 4.63. The Morgan fingerprint density at radius 2 is 2.24 bits per heavy atom. The molecule has 0 unspecified atom stereocenters. The maximum Gasteiger partial charge on any atom is 0.423 e. The van der Waals surface area contributed by atoms with Gasteiger partial charge in [-0.15, -0.1) is 0 Å². The lowest BCUT2D eigenvalue weighted by Crippen LogP contribution is -2.80. The van der Waals surface area contributed by atoms with E-state index in [0.717, 1.165) is 25.0 Å². The highest BCUT2D eigenvalue weighted by Gasteiger charge is 2.30. The van der Waals surface area contributed by atoms with Crippen molar-refractivity contribution in [1.29, 1.82) is 0 Å². The third kappa shape index (κ3) is 5.93. The molecule has 1 saturated heterocycles. The quantitative estimate of drug-likeness (QED) is 0.314. The Morgan fingerprint density at radius 1 is 1.44 bits per heavy atom. The number of halogens is 3. The highest BCUT2D eigenvalue weighted by atomic mass is 19.4. The second-order valence-electron chi connectivity index (χ2n) is 5.44. The number of rotatable bonds is 5. The molecule has 25 heavy (non-hydrogen) atoms. The highest BCUT2D eigenvalue weighted by Crippen LogP contribution is 2.30. The normalized spacial score (nSPS) is 18.1. The molecule has 0 bridgehead atoms. The number of benzene rings is 1. The SMILES string of the molecule is CCOC(=O)C(NNc1cccc(C(F)(F)F)c1)=[NH+]C[C@@H]1CCCO1. The lowest BCUT2D eigenvalue weighted by Gasteiger charge is -2.10. The van der Waals surface area contributed by atoms with Crippen molar-refractivity contribution in [3.63, 3.8) is 0 Å². The molecular formula is C16H21F3N3O3+. The van der Waals surface area contributed by atoms with E-state index in [9.17, 15) is 18.0 Å². The Morgan fingerprint density at radius 3 is 2.88 bits per heavy atom. The molecule has 6 nitrogen and oxygen atoms in total. The molecule has 1 aliphatic heterocycles. The summed E-state index contributed by atoms with van der Waals surface area (Å²) < 4.78 is 48.6. The highest BCUT2D eigenvalue weighted by molar-refractivity contribution is 6.32. The number of hydrogen-bond donors (Lipinski definition) is 3. The van der Waals surface area contributed by atoms with Crippen molar-refractivity contribution < 1.29 is 32.4 Å². The van der Waals surface area contributed by atoms with E-state index in [-0.39, 0.29) is 24.2 Å². The van der Waals surface area contributed by atoms with Crippen molar-refractivity contribution in [2.24, 2.45) is 0 Å². The van der Waals surface area contributed by atoms with Crippen LogP contribution in [0.25, 0.3) is 0 Å². The smallest absolute Gasteiger partial charge is 0.423 e. The Labute approximate surface area is 143 Å². The summed E-state index contributed by atoms with van der Waals surface area (Å²) in [5.74, 6) is -0.630. The second kappa shape index (κ2) is 8.70. The molecule has 1 heterocycles. The van der Waals surface area contributed by atoms with E-state index in [2.05, 4.69) is 15.8 Å². The van der Waals surface area contributed by atoms with Crippen LogP contribution >= 0.6 is 0 Å². The van der Waals surface area contributed by atoms with E-state index < -0.39 is 17.7 Å². The van der Waals surface area contributed by atoms with Crippen molar-refractivity contribution in [2.75, 3.05) is 25.2 Å². The fourth-order valence-corrected chi connectivity index (χ4v) is 2.30. The van der Waals surface area contributed by atoms with Crippen molar-refractivity contribution in [2.45, 2.75) is 32.0 Å². The maximum atomic E-state index is 12.7. The Kier molecular flexibility index (Phi) is 6.63. The second-order valence-corrected chi connectivity index (χ2v) is 5.44. The topological polar surface area (TPSA) is 73.6 Å². The first-order chi connectivity index (χ1) is 11.9. The zero-order valence-electron chi connectivity index (χ0n) is 13.8. The molecule has 1 aromatic carbocycles. The summed E-state index contributed by atoms with van der Waals surface area (Å²) >= 11 is 0. The van der Waals surface area contributed by atoms with E-state index in [1.165, 1.54) is 12.1 Å². The van der Waals surface area contributed by atoms with Gasteiger partial charge < -0.3 is 9.47 Å². The minimum absolute atomic E-state index is 0.00904. The van der Waals surface area contributed by atoms with Gasteiger partial charge in [0.2, 0.25) is 0 Å². The summed E-state index contributed by atoms with van der Waals surface area (Å²) in [5.41, 5.74) is 4.54. The van der Waals surface area contributed by atoms with Gasteiger partial charge in [0, 0.05) is 6.61 Å². The molecule has 0 amide bonds. The van der Waals surface area contributed by atoms with Gasteiger partial charge in [-0.2, -0.15) is 18.6 Å². The number of esters is 1. The number of alkyl halides is 3. The van der Waals surface area contributed by atoms with Crippen molar-refractivity contribution >= 4 is 17.5 Å². The summed E-state index contributed by atoms with van der Waals surface area (Å²) in [6.45, 7) is 2.91. The molecule has 3 N–H and O–H groups in total. The number of nitrogens with one attached hydrogen (secondary N) is 3. The Bertz CT molecular complexity index is 614. The fraction of sp³-hybridized carbons (Fsp3) is 0.500. The first-order valence-electron chi connectivity index (χ1n) is 7.99. The van der Waals surface area contributed by atoms with E-state index in [1.807, 2.05) is 0 Å². The molecule has 9 heteroatoms. The maximum absolute atomic E-state index is 12.7. The zero-order valence-corrected chi connectivity index (χ0v) is 13.8. The lowest BCUT2D eigenvalue weighted by atomic mass is 10.2. The van der Waals surface area contributed by atoms with Gasteiger partial charge in [-0.05, 0) is 38.0 Å². The van der Waals surface area contributed by atoms with E-state index in [0.29, 0.717) is 13.2 Å². The molecular weight excluding hydrogens is 339 g/mol. The van der Waals surface area contributed by atoms with Gasteiger partial charge in [0.1, 0.15) is 6.54 Å². The molecule has 0 aromatic heterocycles. The van der Waals surface area contributed by atoms with Crippen LogP contribution in [0.3, 0.4) is 0 Å². The number of anilines is 1. The van der Waals surface area contributed by atoms with Gasteiger partial charge >= 0.3 is 18.0 Å². The summed E-state index contributed by atoms with van der Waals surface area (Å²) in [4.78, 5) is 14.8. The summed E-state index contributed by atoms with van der Waals surface area (Å²) in [7, 11) is 0. The molecule has 1 fully saturated rings. The average Bonchev–Trinajstić information content (AvgIpc) is 3.08. The molecule has 0 saturated carbocycles. The van der Waals surface area contributed by atoms with E-state index in [4.69, 9.17) is 9.47 Å². The first kappa shape index (κ1) is 19.0. The Hall–Kier alpha value is -2.29. The number of ether oxygens (including phenoxy) is 2. The van der Waals surface area contributed by atoms with Crippen molar-refractivity contribution in [3.8, 4) is 0 Å². The van der Waals surface area contributed by atoms with E-state index >= 15 is 0 Å². The molecule has 138 valence electrons. The van der Waals surface area contributed by atoms with Gasteiger partial charge in [0.05, 0.1) is 24.0 Å². The van der Waals surface area contributed by atoms with Crippen molar-refractivity contribution in [1.82, 2.24) is 5.43 Å². The average molecular weight is 360 g/mol. The predicted molar refractivity (Wildman–Crippen MR) is 84.6 cm³/mol. The molecule has 1 aliphatic rings. The van der Waals surface area contributed by atoms with Crippen LogP contribution in [0.15, 0.2) is 24.3 Å². The monoisotopic (exact) mass is 360 g/mol. The molecule has 0 spiro atoms. The fourth-order valence-electron chi connectivity index (χ4n) is 2.30. The molecule has 1 atom stereocenters. The number of carbonyl (C=O) groups is 1. The number of hydrogen-bond acceptors (Lipinski definition) is 4. The minimum Gasteiger partial charge on any atom is -0.457 e. The summed E-state index contributed by atoms with van der Waals surface area (Å²) in [6.07, 6.45) is -2.62. The van der Waals surface area contributed by atoms with Crippen molar-refractivity contribution in [3.05, 3.63) is 29.8 Å². The zero-order chi connectivity index (χ0) is 18.3. The number of carbonyl (C=O) groups excluding carboxylic acids is 1. The predicted octanol–water partition coefficient (Wildman–Crippen LogP) is 0.843. The first-order valence-corrected chi connectivity index (χ1v) is 7.99. The molecule has 0 radical (unpaired) electrons. The molecule has 2 rings (SSSR count). The number of hydrazine groups is 1. The van der Waals surface area contributed by atoms with Gasteiger partial charge in [-0.25, -0.2) is 10.2 Å². The standard InChI is InChI=1S/C16H20F3N3O3/c1-2-24-15(23)14(20-10-13-7-4-8-25-13)22-21-12-6-3-5-11(9-12)16(17,18)19/h3,5-6,9,13,21H,2,4,7-8,10H2,1H3,(H,20,22)/p+1/t13-/m0/s1. The lowest BCUT2D eigenvalue weighted by molar-refractivity contribution is -0.470. The van der Waals surface area contributed by atoms with Gasteiger partial charge in [0.25, 0.3) is 0 Å². The van der Waals surface area contributed by atoms with Crippen LogP contribution in [0, 0.1) is 0 Å². The van der Waals surface area contributed by atoms with Crippen LogP contribution in [0.1, 0.15) is 25.3 Å². The third-order valence-electron chi connectivity index (χ3n) is 3.53. The summed E-state index contributed by atoms with van der Waals surface area (Å²) in [5, 5.41) is 0. The molecule has 0 aliphatic carbocycles. The van der Waals surface area contributed by atoms with Crippen LogP contribution in [0.5, 0.6) is 0 Å². The van der Waals surface area contributed by atoms with Gasteiger partial charge in [0.15, 0.2) is 0 Å². The van der Waals surface area contributed by atoms with Crippen LogP contribution in [-0.2, 0) is 20.4 Å². The largest absolute Gasteiger partial charge is 0.457 e. The molecule has 1 aromatic rings. The Balaban J connectivity index is 2.03.